The first-order chi connectivity index (χ1) is 10.1. The third-order valence-corrected chi connectivity index (χ3v) is 3.80. The highest BCUT2D eigenvalue weighted by molar-refractivity contribution is 9.10. The van der Waals surface area contributed by atoms with Gasteiger partial charge in [0, 0.05) is 13.0 Å². The van der Waals surface area contributed by atoms with E-state index in [0.29, 0.717) is 47.7 Å². The highest BCUT2D eigenvalue weighted by Gasteiger charge is 2.28. The van der Waals surface area contributed by atoms with Crippen molar-refractivity contribution in [1.82, 2.24) is 4.90 Å². The topological polar surface area (TPSA) is 76.1 Å². The molecule has 0 fully saturated rings. The standard InChI is InChI=1S/C14H16BrNO5/c1-2-16(8-17)12(14(18)19)9-6-10(15)13-11(7-9)20-4-3-5-21-13/h6-8,12H,2-5H2,1H3,(H,18,19). The van der Waals surface area contributed by atoms with Crippen molar-refractivity contribution in [2.24, 2.45) is 0 Å². The van der Waals surface area contributed by atoms with Crippen molar-refractivity contribution in [2.75, 3.05) is 19.8 Å². The minimum absolute atomic E-state index is 0.298. The Balaban J connectivity index is 2.46. The number of nitrogens with zero attached hydrogens (tertiary/aromatic N) is 1. The maximum atomic E-state index is 11.5. The monoisotopic (exact) mass is 357 g/mol. The van der Waals surface area contributed by atoms with Gasteiger partial charge in [-0.3, -0.25) is 4.79 Å². The molecule has 1 aromatic carbocycles. The molecule has 6 nitrogen and oxygen atoms in total. The van der Waals surface area contributed by atoms with E-state index < -0.39 is 12.0 Å². The fraction of sp³-hybridized carbons (Fsp3) is 0.429. The van der Waals surface area contributed by atoms with Crippen molar-refractivity contribution in [3.8, 4) is 11.5 Å². The molecule has 1 aliphatic rings. The number of rotatable bonds is 5. The first kappa shape index (κ1) is 15.6. The summed E-state index contributed by atoms with van der Waals surface area (Å²) in [6.45, 7) is 3.07. The molecule has 1 N–H and O–H groups in total. The molecule has 114 valence electrons. The SMILES string of the molecule is CCN(C=O)C(C(=O)O)c1cc(Br)c2c(c1)OCCCO2. The Bertz CT molecular complexity index is 548. The summed E-state index contributed by atoms with van der Waals surface area (Å²) < 4.78 is 11.8. The fourth-order valence-corrected chi connectivity index (χ4v) is 2.78. The van der Waals surface area contributed by atoms with E-state index in [1.807, 2.05) is 0 Å². The number of carboxylic acid groups (broad SMARTS) is 1. The van der Waals surface area contributed by atoms with Crippen LogP contribution in [-0.2, 0) is 9.59 Å². The second kappa shape index (κ2) is 6.80. The molecule has 1 aliphatic heterocycles. The summed E-state index contributed by atoms with van der Waals surface area (Å²) in [6, 6.07) is 2.22. The minimum Gasteiger partial charge on any atom is -0.490 e. The summed E-state index contributed by atoms with van der Waals surface area (Å²) in [5.74, 6) is -0.0371. The van der Waals surface area contributed by atoms with E-state index in [4.69, 9.17) is 9.47 Å². The van der Waals surface area contributed by atoms with Gasteiger partial charge in [0.1, 0.15) is 0 Å². The molecule has 1 heterocycles. The molecule has 1 unspecified atom stereocenters. The van der Waals surface area contributed by atoms with Gasteiger partial charge >= 0.3 is 5.97 Å². The van der Waals surface area contributed by atoms with Crippen LogP contribution in [0, 0.1) is 0 Å². The molecule has 7 heteroatoms. The van der Waals surface area contributed by atoms with E-state index in [9.17, 15) is 14.7 Å². The van der Waals surface area contributed by atoms with Gasteiger partial charge in [0.25, 0.3) is 0 Å². The molecule has 0 saturated heterocycles. The molecule has 1 atom stereocenters. The van der Waals surface area contributed by atoms with E-state index >= 15 is 0 Å². The Labute approximate surface area is 130 Å². The minimum atomic E-state index is -1.09. The Kier molecular flexibility index (Phi) is 5.06. The number of amides is 1. The maximum absolute atomic E-state index is 11.5. The second-order valence-corrected chi connectivity index (χ2v) is 5.41. The molecule has 0 aliphatic carbocycles. The van der Waals surface area contributed by atoms with Gasteiger partial charge in [-0.15, -0.1) is 0 Å². The van der Waals surface area contributed by atoms with E-state index in [2.05, 4.69) is 15.9 Å². The van der Waals surface area contributed by atoms with Crippen LogP contribution >= 0.6 is 15.9 Å². The van der Waals surface area contributed by atoms with Crippen molar-refractivity contribution >= 4 is 28.3 Å². The molecule has 0 spiro atoms. The van der Waals surface area contributed by atoms with E-state index in [1.54, 1.807) is 19.1 Å². The Morgan fingerprint density at radius 1 is 1.48 bits per heavy atom. The lowest BCUT2D eigenvalue weighted by atomic mass is 10.0. The number of fused-ring (bicyclic) bond motifs is 1. The van der Waals surface area contributed by atoms with Gasteiger partial charge in [-0.05, 0) is 40.5 Å². The van der Waals surface area contributed by atoms with Crippen LogP contribution in [0.15, 0.2) is 16.6 Å². The lowest BCUT2D eigenvalue weighted by Crippen LogP contribution is -2.33. The van der Waals surface area contributed by atoms with Crippen LogP contribution in [0.5, 0.6) is 11.5 Å². The van der Waals surface area contributed by atoms with Crippen LogP contribution in [0.2, 0.25) is 0 Å². The number of hydrogen-bond acceptors (Lipinski definition) is 4. The highest BCUT2D eigenvalue weighted by Crippen LogP contribution is 2.40. The van der Waals surface area contributed by atoms with Gasteiger partial charge < -0.3 is 19.5 Å². The van der Waals surface area contributed by atoms with Crippen LogP contribution in [0.1, 0.15) is 24.9 Å². The van der Waals surface area contributed by atoms with Gasteiger partial charge in [-0.25, -0.2) is 4.79 Å². The molecular weight excluding hydrogens is 342 g/mol. The summed E-state index contributed by atoms with van der Waals surface area (Å²) >= 11 is 3.37. The average molecular weight is 358 g/mol. The molecule has 1 amide bonds. The van der Waals surface area contributed by atoms with E-state index in [0.717, 1.165) is 6.42 Å². The molecule has 0 aromatic heterocycles. The predicted octanol–water partition coefficient (Wildman–Crippen LogP) is 2.21. The largest absolute Gasteiger partial charge is 0.490 e. The number of carbonyl (C=O) groups is 2. The van der Waals surface area contributed by atoms with Crippen molar-refractivity contribution in [3.05, 3.63) is 22.2 Å². The van der Waals surface area contributed by atoms with Crippen LogP contribution < -0.4 is 9.47 Å². The Morgan fingerprint density at radius 2 is 2.19 bits per heavy atom. The number of halogens is 1. The van der Waals surface area contributed by atoms with Crippen LogP contribution in [0.25, 0.3) is 0 Å². The van der Waals surface area contributed by atoms with E-state index in [1.165, 1.54) is 4.90 Å². The highest BCUT2D eigenvalue weighted by atomic mass is 79.9. The molecule has 2 rings (SSSR count). The number of carbonyl (C=O) groups excluding carboxylic acids is 1. The van der Waals surface area contributed by atoms with Crippen molar-refractivity contribution < 1.29 is 24.2 Å². The van der Waals surface area contributed by atoms with Crippen molar-refractivity contribution in [2.45, 2.75) is 19.4 Å². The zero-order valence-corrected chi connectivity index (χ0v) is 13.1. The van der Waals surface area contributed by atoms with Crippen LogP contribution in [0.3, 0.4) is 0 Å². The van der Waals surface area contributed by atoms with Crippen molar-refractivity contribution in [3.63, 3.8) is 0 Å². The van der Waals surface area contributed by atoms with Gasteiger partial charge in [0.05, 0.1) is 17.7 Å². The number of likely N-dealkylation sites (N-methyl/N-ethyl adjacent to an activating group) is 1. The first-order valence-electron chi connectivity index (χ1n) is 6.61. The number of ether oxygens (including phenoxy) is 2. The number of carboxylic acids is 1. The van der Waals surface area contributed by atoms with Crippen LogP contribution in [0.4, 0.5) is 0 Å². The predicted molar refractivity (Wildman–Crippen MR) is 78.6 cm³/mol. The summed E-state index contributed by atoms with van der Waals surface area (Å²) in [5, 5.41) is 9.42. The maximum Gasteiger partial charge on any atom is 0.331 e. The molecule has 0 bridgehead atoms. The fourth-order valence-electron chi connectivity index (χ4n) is 2.20. The summed E-state index contributed by atoms with van der Waals surface area (Å²) in [6.07, 6.45) is 1.30. The summed E-state index contributed by atoms with van der Waals surface area (Å²) in [5.41, 5.74) is 0.465. The average Bonchev–Trinajstić information content (AvgIpc) is 2.69. The lowest BCUT2D eigenvalue weighted by molar-refractivity contribution is -0.146. The first-order valence-corrected chi connectivity index (χ1v) is 7.40. The molecular formula is C14H16BrNO5. The number of aliphatic carboxylic acids is 1. The second-order valence-electron chi connectivity index (χ2n) is 4.56. The van der Waals surface area contributed by atoms with Gasteiger partial charge in [0.2, 0.25) is 6.41 Å². The zero-order chi connectivity index (χ0) is 15.4. The normalized spacial score (nSPS) is 15.0. The third-order valence-electron chi connectivity index (χ3n) is 3.21. The number of hydrogen-bond donors (Lipinski definition) is 1. The third kappa shape index (κ3) is 3.29. The summed E-state index contributed by atoms with van der Waals surface area (Å²) in [4.78, 5) is 23.8. The number of benzene rings is 1. The zero-order valence-electron chi connectivity index (χ0n) is 11.5. The van der Waals surface area contributed by atoms with E-state index in [-0.39, 0.29) is 0 Å². The summed E-state index contributed by atoms with van der Waals surface area (Å²) in [7, 11) is 0. The quantitative estimate of drug-likeness (QED) is 0.817. The van der Waals surface area contributed by atoms with Gasteiger partial charge in [0.15, 0.2) is 17.5 Å². The van der Waals surface area contributed by atoms with Crippen LogP contribution in [-0.4, -0.2) is 42.1 Å². The molecule has 0 saturated carbocycles. The smallest absolute Gasteiger partial charge is 0.331 e. The Hall–Kier alpha value is -1.76. The Morgan fingerprint density at radius 3 is 2.81 bits per heavy atom. The lowest BCUT2D eigenvalue weighted by Gasteiger charge is -2.24. The van der Waals surface area contributed by atoms with Gasteiger partial charge in [-0.2, -0.15) is 0 Å². The van der Waals surface area contributed by atoms with Gasteiger partial charge in [-0.1, -0.05) is 0 Å². The van der Waals surface area contributed by atoms with Crippen molar-refractivity contribution in [1.29, 1.82) is 0 Å². The molecule has 1 aromatic rings. The molecule has 21 heavy (non-hydrogen) atoms. The molecule has 0 radical (unpaired) electrons.